The topological polar surface area (TPSA) is 36.4 Å². The lowest BCUT2D eigenvalue weighted by atomic mass is 10.1. The maximum absolute atomic E-state index is 13.0. The Balaban J connectivity index is 1.47. The number of anilines is 1. The lowest BCUT2D eigenvalue weighted by molar-refractivity contribution is 0.0752. The van der Waals surface area contributed by atoms with Crippen molar-refractivity contribution in [2.24, 2.45) is 0 Å². The Morgan fingerprint density at radius 3 is 2.50 bits per heavy atom. The van der Waals surface area contributed by atoms with E-state index in [1.165, 1.54) is 22.6 Å². The molecule has 26 heavy (non-hydrogen) atoms. The number of piperazine rings is 1. The van der Waals surface area contributed by atoms with E-state index >= 15 is 0 Å². The van der Waals surface area contributed by atoms with Crippen LogP contribution in [0, 0.1) is 6.92 Å². The summed E-state index contributed by atoms with van der Waals surface area (Å²) in [5.41, 5.74) is 6.05. The van der Waals surface area contributed by atoms with Crippen molar-refractivity contribution in [3.8, 4) is 11.3 Å². The van der Waals surface area contributed by atoms with E-state index in [2.05, 4.69) is 41.1 Å². The van der Waals surface area contributed by atoms with Crippen molar-refractivity contribution < 1.29 is 4.79 Å². The predicted molar refractivity (Wildman–Crippen MR) is 107 cm³/mol. The highest BCUT2D eigenvalue weighted by molar-refractivity contribution is 7.12. The first-order valence-corrected chi connectivity index (χ1v) is 9.70. The van der Waals surface area contributed by atoms with E-state index in [0.717, 1.165) is 42.3 Å². The predicted octanol–water partition coefficient (Wildman–Crippen LogP) is 4.08. The molecular weight excluding hydrogens is 342 g/mol. The fourth-order valence-electron chi connectivity index (χ4n) is 3.34. The van der Waals surface area contributed by atoms with Crippen LogP contribution in [-0.2, 0) is 0 Å². The van der Waals surface area contributed by atoms with Crippen molar-refractivity contribution in [3.63, 3.8) is 0 Å². The number of hydrogen-bond acceptors (Lipinski definition) is 4. The van der Waals surface area contributed by atoms with Crippen LogP contribution in [0.3, 0.4) is 0 Å². The van der Waals surface area contributed by atoms with Gasteiger partial charge in [-0.3, -0.25) is 4.79 Å². The van der Waals surface area contributed by atoms with Gasteiger partial charge < -0.3 is 9.80 Å². The van der Waals surface area contributed by atoms with E-state index in [4.69, 9.17) is 0 Å². The quantitative estimate of drug-likeness (QED) is 0.703. The second-order valence-corrected chi connectivity index (χ2v) is 7.37. The molecule has 1 fully saturated rings. The third kappa shape index (κ3) is 3.35. The van der Waals surface area contributed by atoms with Crippen LogP contribution in [-0.4, -0.2) is 42.0 Å². The van der Waals surface area contributed by atoms with Crippen LogP contribution >= 0.6 is 11.3 Å². The number of aryl methyl sites for hydroxylation is 1. The number of thiazole rings is 1. The molecule has 2 aromatic carbocycles. The lowest BCUT2D eigenvalue weighted by Gasteiger charge is -2.36. The van der Waals surface area contributed by atoms with Crippen LogP contribution < -0.4 is 4.90 Å². The number of carbonyl (C=O) groups excluding carboxylic acids is 1. The summed E-state index contributed by atoms with van der Waals surface area (Å²) < 4.78 is 0. The van der Waals surface area contributed by atoms with Gasteiger partial charge in [-0.2, -0.15) is 0 Å². The molecule has 0 unspecified atom stereocenters. The minimum Gasteiger partial charge on any atom is -0.368 e. The number of carbonyl (C=O) groups is 1. The zero-order valence-electron chi connectivity index (χ0n) is 14.8. The molecule has 2 heterocycles. The van der Waals surface area contributed by atoms with Crippen molar-refractivity contribution in [1.29, 1.82) is 0 Å². The second kappa shape index (κ2) is 7.30. The van der Waals surface area contributed by atoms with Crippen LogP contribution in [0.5, 0.6) is 0 Å². The smallest absolute Gasteiger partial charge is 0.266 e. The number of amides is 1. The summed E-state index contributed by atoms with van der Waals surface area (Å²) in [7, 11) is 0. The Morgan fingerprint density at radius 2 is 1.77 bits per heavy atom. The Labute approximate surface area is 157 Å². The molecule has 1 saturated heterocycles. The van der Waals surface area contributed by atoms with Crippen LogP contribution in [0.4, 0.5) is 5.69 Å². The van der Waals surface area contributed by atoms with Gasteiger partial charge in [0.1, 0.15) is 4.88 Å². The molecule has 0 bridgehead atoms. The molecule has 5 heteroatoms. The van der Waals surface area contributed by atoms with Crippen LogP contribution in [0.25, 0.3) is 11.3 Å². The van der Waals surface area contributed by atoms with Gasteiger partial charge in [-0.05, 0) is 24.6 Å². The highest BCUT2D eigenvalue weighted by Crippen LogP contribution is 2.27. The largest absolute Gasteiger partial charge is 0.368 e. The minimum absolute atomic E-state index is 0.0928. The van der Waals surface area contributed by atoms with E-state index in [1.807, 2.05) is 35.2 Å². The monoisotopic (exact) mass is 363 g/mol. The highest BCUT2D eigenvalue weighted by atomic mass is 32.1. The molecule has 0 atom stereocenters. The van der Waals surface area contributed by atoms with Gasteiger partial charge in [0.25, 0.3) is 5.91 Å². The van der Waals surface area contributed by atoms with Gasteiger partial charge in [-0.25, -0.2) is 4.98 Å². The van der Waals surface area contributed by atoms with Gasteiger partial charge >= 0.3 is 0 Å². The molecule has 1 amide bonds. The number of rotatable bonds is 3. The van der Waals surface area contributed by atoms with Crippen molar-refractivity contribution in [3.05, 3.63) is 70.5 Å². The maximum atomic E-state index is 13.0. The van der Waals surface area contributed by atoms with E-state index in [-0.39, 0.29) is 5.91 Å². The molecule has 0 spiro atoms. The van der Waals surface area contributed by atoms with Crippen LogP contribution in [0.2, 0.25) is 0 Å². The Bertz CT molecular complexity index is 898. The highest BCUT2D eigenvalue weighted by Gasteiger charge is 2.26. The average molecular weight is 363 g/mol. The first-order valence-electron chi connectivity index (χ1n) is 8.82. The first kappa shape index (κ1) is 16.8. The van der Waals surface area contributed by atoms with Gasteiger partial charge in [-0.15, -0.1) is 11.3 Å². The third-order valence-corrected chi connectivity index (χ3v) is 5.56. The molecule has 0 radical (unpaired) electrons. The molecule has 0 saturated carbocycles. The summed E-state index contributed by atoms with van der Waals surface area (Å²) in [6, 6.07) is 18.5. The minimum atomic E-state index is 0.0928. The van der Waals surface area contributed by atoms with Crippen molar-refractivity contribution in [1.82, 2.24) is 9.88 Å². The Hall–Kier alpha value is -2.66. The number of aromatic nitrogens is 1. The summed E-state index contributed by atoms with van der Waals surface area (Å²) in [5, 5.41) is 0. The molecule has 3 aromatic rings. The van der Waals surface area contributed by atoms with Gasteiger partial charge in [0, 0.05) is 37.4 Å². The Morgan fingerprint density at radius 1 is 1.00 bits per heavy atom. The molecule has 0 N–H and O–H groups in total. The normalized spacial score (nSPS) is 14.5. The summed E-state index contributed by atoms with van der Waals surface area (Å²) in [4.78, 5) is 22.5. The van der Waals surface area contributed by atoms with Gasteiger partial charge in [-0.1, -0.05) is 42.5 Å². The summed E-state index contributed by atoms with van der Waals surface area (Å²) in [5.74, 6) is 0.0928. The van der Waals surface area contributed by atoms with E-state index < -0.39 is 0 Å². The van der Waals surface area contributed by atoms with Crippen molar-refractivity contribution >= 4 is 22.9 Å². The standard InChI is InChI=1S/C21H21N3OS/c1-16-6-5-9-18(14-16)23-10-12-24(13-11-23)21(25)20-19(22-15-26-20)17-7-3-2-4-8-17/h2-9,14-15H,10-13H2,1H3. The van der Waals surface area contributed by atoms with Gasteiger partial charge in [0.15, 0.2) is 0 Å². The van der Waals surface area contributed by atoms with Crippen LogP contribution in [0.15, 0.2) is 60.1 Å². The molecular formula is C21H21N3OS. The zero-order chi connectivity index (χ0) is 17.9. The zero-order valence-corrected chi connectivity index (χ0v) is 15.6. The second-order valence-electron chi connectivity index (χ2n) is 6.51. The molecule has 132 valence electrons. The number of nitrogens with zero attached hydrogens (tertiary/aromatic N) is 3. The van der Waals surface area contributed by atoms with E-state index in [9.17, 15) is 4.79 Å². The molecule has 4 rings (SSSR count). The van der Waals surface area contributed by atoms with Crippen molar-refractivity contribution in [2.45, 2.75) is 6.92 Å². The average Bonchev–Trinajstić information content (AvgIpc) is 3.18. The lowest BCUT2D eigenvalue weighted by Crippen LogP contribution is -2.48. The Kier molecular flexibility index (Phi) is 4.71. The maximum Gasteiger partial charge on any atom is 0.266 e. The summed E-state index contributed by atoms with van der Waals surface area (Å²) in [6.45, 7) is 5.29. The van der Waals surface area contributed by atoms with E-state index in [0.29, 0.717) is 0 Å². The van der Waals surface area contributed by atoms with Gasteiger partial charge in [0.2, 0.25) is 0 Å². The molecule has 1 aliphatic rings. The van der Waals surface area contributed by atoms with Crippen molar-refractivity contribution in [2.75, 3.05) is 31.1 Å². The number of hydrogen-bond donors (Lipinski definition) is 0. The SMILES string of the molecule is Cc1cccc(N2CCN(C(=O)c3scnc3-c3ccccc3)CC2)c1. The first-order chi connectivity index (χ1) is 12.7. The molecule has 1 aromatic heterocycles. The number of benzene rings is 2. The fraction of sp³-hybridized carbons (Fsp3) is 0.238. The molecule has 4 nitrogen and oxygen atoms in total. The summed E-state index contributed by atoms with van der Waals surface area (Å²) in [6.07, 6.45) is 0. The van der Waals surface area contributed by atoms with E-state index in [1.54, 1.807) is 5.51 Å². The van der Waals surface area contributed by atoms with Crippen LogP contribution in [0.1, 0.15) is 15.2 Å². The fourth-order valence-corrected chi connectivity index (χ4v) is 4.11. The third-order valence-electron chi connectivity index (χ3n) is 4.74. The summed E-state index contributed by atoms with van der Waals surface area (Å²) >= 11 is 1.43. The van der Waals surface area contributed by atoms with Gasteiger partial charge in [0.05, 0.1) is 11.2 Å². The molecule has 0 aliphatic carbocycles. The molecule has 1 aliphatic heterocycles.